The van der Waals surface area contributed by atoms with Crippen LogP contribution in [0.25, 0.3) is 0 Å². The van der Waals surface area contributed by atoms with Crippen LogP contribution in [0.3, 0.4) is 0 Å². The molecule has 0 aromatic rings. The van der Waals surface area contributed by atoms with E-state index in [-0.39, 0.29) is 18.1 Å². The van der Waals surface area contributed by atoms with Gasteiger partial charge in [0.15, 0.2) is 6.29 Å². The fourth-order valence-electron chi connectivity index (χ4n) is 4.17. The molecule has 3 rings (SSSR count). The van der Waals surface area contributed by atoms with Gasteiger partial charge in [-0.05, 0) is 44.9 Å². The zero-order valence-electron chi connectivity index (χ0n) is 15.0. The van der Waals surface area contributed by atoms with Gasteiger partial charge in [-0.25, -0.2) is 5.01 Å². The van der Waals surface area contributed by atoms with Crippen molar-refractivity contribution >= 4 is 11.6 Å². The molecule has 0 aromatic heterocycles. The Morgan fingerprint density at radius 1 is 1.25 bits per heavy atom. The lowest BCUT2D eigenvalue weighted by Crippen LogP contribution is -2.46. The van der Waals surface area contributed by atoms with Crippen LogP contribution in [-0.4, -0.2) is 42.7 Å². The van der Waals surface area contributed by atoms with Crippen molar-refractivity contribution in [1.82, 2.24) is 5.01 Å². The van der Waals surface area contributed by atoms with E-state index in [1.807, 2.05) is 0 Å². The maximum absolute atomic E-state index is 12.9. The fraction of sp³-hybridized carbons (Fsp3) is 0.895. The van der Waals surface area contributed by atoms with Crippen LogP contribution in [-0.2, 0) is 14.3 Å². The normalized spacial score (nSPS) is 30.9. The molecule has 3 atom stereocenters. The van der Waals surface area contributed by atoms with Gasteiger partial charge in [-0.15, -0.1) is 0 Å². The number of amides is 1. The molecule has 1 saturated carbocycles. The minimum absolute atomic E-state index is 0.0930. The molecule has 1 saturated heterocycles. The minimum atomic E-state index is -0.0930. The van der Waals surface area contributed by atoms with Crippen molar-refractivity contribution in [3.05, 3.63) is 0 Å². The number of nitrogens with zero attached hydrogens (tertiary/aromatic N) is 2. The van der Waals surface area contributed by atoms with Gasteiger partial charge in [-0.2, -0.15) is 5.10 Å². The molecule has 2 fully saturated rings. The summed E-state index contributed by atoms with van der Waals surface area (Å²) < 4.78 is 11.4. The molecule has 24 heavy (non-hydrogen) atoms. The maximum Gasteiger partial charge on any atom is 0.246 e. The number of hydrogen-bond acceptors (Lipinski definition) is 4. The summed E-state index contributed by atoms with van der Waals surface area (Å²) in [5.41, 5.74) is 1.26. The van der Waals surface area contributed by atoms with Crippen LogP contribution in [0, 0.1) is 11.8 Å². The number of ether oxygens (including phenoxy) is 2. The number of unbranched alkanes of at least 4 members (excludes halogenated alkanes) is 1. The molecule has 0 spiro atoms. The second-order valence-corrected chi connectivity index (χ2v) is 7.32. The molecule has 0 aromatic carbocycles. The lowest BCUT2D eigenvalue weighted by atomic mass is 9.75. The van der Waals surface area contributed by atoms with Gasteiger partial charge in [0.2, 0.25) is 5.91 Å². The minimum Gasteiger partial charge on any atom is -0.353 e. The molecule has 3 unspecified atom stereocenters. The Kier molecular flexibility index (Phi) is 6.67. The van der Waals surface area contributed by atoms with Crippen molar-refractivity contribution in [2.24, 2.45) is 16.9 Å². The molecular formula is C19H32N2O3. The third-order valence-corrected chi connectivity index (χ3v) is 5.55. The monoisotopic (exact) mass is 336 g/mol. The SMILES string of the molecule is CCCCC1C(=O)N(CCOC2CCCCO2)N=C2CCCCC21. The summed E-state index contributed by atoms with van der Waals surface area (Å²) in [5, 5.41) is 6.40. The number of hydrazone groups is 1. The third-order valence-electron chi connectivity index (χ3n) is 5.55. The second-order valence-electron chi connectivity index (χ2n) is 7.32. The van der Waals surface area contributed by atoms with Gasteiger partial charge < -0.3 is 9.47 Å². The summed E-state index contributed by atoms with van der Waals surface area (Å²) in [5.74, 6) is 0.757. The standard InChI is InChI=1S/C19H32N2O3/c1-2-3-8-16-15-9-4-5-10-17(15)20-21(19(16)22)12-14-24-18-11-6-7-13-23-18/h15-16,18H,2-14H2,1H3. The summed E-state index contributed by atoms with van der Waals surface area (Å²) in [4.78, 5) is 12.9. The summed E-state index contributed by atoms with van der Waals surface area (Å²) in [6.45, 7) is 4.05. The molecule has 3 aliphatic rings. The van der Waals surface area contributed by atoms with E-state index in [0.29, 0.717) is 19.1 Å². The van der Waals surface area contributed by atoms with Gasteiger partial charge in [0.1, 0.15) is 0 Å². The highest BCUT2D eigenvalue weighted by atomic mass is 16.7. The molecule has 1 amide bonds. The first-order chi connectivity index (χ1) is 11.8. The van der Waals surface area contributed by atoms with E-state index in [4.69, 9.17) is 14.6 Å². The van der Waals surface area contributed by atoms with Crippen LogP contribution >= 0.6 is 0 Å². The van der Waals surface area contributed by atoms with Crippen molar-refractivity contribution in [2.75, 3.05) is 19.8 Å². The Morgan fingerprint density at radius 2 is 2.12 bits per heavy atom. The third kappa shape index (κ3) is 4.37. The molecule has 0 radical (unpaired) electrons. The molecule has 0 N–H and O–H groups in total. The first kappa shape index (κ1) is 17.9. The Balaban J connectivity index is 1.57. The number of carbonyl (C=O) groups is 1. The zero-order chi connectivity index (χ0) is 16.8. The number of rotatable bonds is 7. The quantitative estimate of drug-likeness (QED) is 0.712. The highest BCUT2D eigenvalue weighted by Gasteiger charge is 2.39. The first-order valence-electron chi connectivity index (χ1n) is 9.91. The molecule has 2 heterocycles. The van der Waals surface area contributed by atoms with Crippen LogP contribution in [0.4, 0.5) is 0 Å². The average Bonchev–Trinajstić information content (AvgIpc) is 2.62. The number of hydrogen-bond donors (Lipinski definition) is 0. The largest absolute Gasteiger partial charge is 0.353 e. The lowest BCUT2D eigenvalue weighted by Gasteiger charge is -2.38. The Bertz CT molecular complexity index is 446. The van der Waals surface area contributed by atoms with Crippen LogP contribution in [0.1, 0.15) is 71.1 Å². The molecule has 2 aliphatic heterocycles. The smallest absolute Gasteiger partial charge is 0.246 e. The summed E-state index contributed by atoms with van der Waals surface area (Å²) in [6, 6.07) is 0. The van der Waals surface area contributed by atoms with E-state index < -0.39 is 0 Å². The summed E-state index contributed by atoms with van der Waals surface area (Å²) in [6.07, 6.45) is 11.1. The van der Waals surface area contributed by atoms with E-state index >= 15 is 0 Å². The van der Waals surface area contributed by atoms with Crippen molar-refractivity contribution in [1.29, 1.82) is 0 Å². The van der Waals surface area contributed by atoms with Gasteiger partial charge >= 0.3 is 0 Å². The van der Waals surface area contributed by atoms with E-state index in [0.717, 1.165) is 58.0 Å². The summed E-state index contributed by atoms with van der Waals surface area (Å²) >= 11 is 0. The van der Waals surface area contributed by atoms with E-state index in [1.54, 1.807) is 5.01 Å². The van der Waals surface area contributed by atoms with Crippen LogP contribution < -0.4 is 0 Å². The van der Waals surface area contributed by atoms with Gasteiger partial charge in [0, 0.05) is 24.2 Å². The first-order valence-corrected chi connectivity index (χ1v) is 9.91. The topological polar surface area (TPSA) is 51.1 Å². The van der Waals surface area contributed by atoms with Crippen molar-refractivity contribution in [3.63, 3.8) is 0 Å². The van der Waals surface area contributed by atoms with Crippen molar-refractivity contribution in [2.45, 2.75) is 77.4 Å². The Hall–Kier alpha value is -0.940. The van der Waals surface area contributed by atoms with Gasteiger partial charge in [0.25, 0.3) is 0 Å². The van der Waals surface area contributed by atoms with Crippen LogP contribution in [0.2, 0.25) is 0 Å². The number of carbonyl (C=O) groups excluding carboxylic acids is 1. The molecule has 1 aliphatic carbocycles. The Labute approximate surface area is 145 Å². The fourth-order valence-corrected chi connectivity index (χ4v) is 4.17. The molecular weight excluding hydrogens is 304 g/mol. The highest BCUT2D eigenvalue weighted by Crippen LogP contribution is 2.35. The molecule has 5 nitrogen and oxygen atoms in total. The van der Waals surface area contributed by atoms with Gasteiger partial charge in [-0.1, -0.05) is 26.2 Å². The molecule has 136 valence electrons. The lowest BCUT2D eigenvalue weighted by molar-refractivity contribution is -0.167. The second kappa shape index (κ2) is 8.95. The van der Waals surface area contributed by atoms with Crippen molar-refractivity contribution in [3.8, 4) is 0 Å². The molecule has 5 heteroatoms. The van der Waals surface area contributed by atoms with E-state index in [9.17, 15) is 4.79 Å². The highest BCUT2D eigenvalue weighted by molar-refractivity contribution is 5.96. The Morgan fingerprint density at radius 3 is 2.92 bits per heavy atom. The van der Waals surface area contributed by atoms with E-state index in [1.165, 1.54) is 18.6 Å². The van der Waals surface area contributed by atoms with Crippen molar-refractivity contribution < 1.29 is 14.3 Å². The summed E-state index contributed by atoms with van der Waals surface area (Å²) in [7, 11) is 0. The maximum atomic E-state index is 12.9. The predicted molar refractivity (Wildman–Crippen MR) is 93.7 cm³/mol. The number of fused-ring (bicyclic) bond motifs is 1. The predicted octanol–water partition coefficient (Wildman–Crippen LogP) is 3.72. The van der Waals surface area contributed by atoms with Crippen LogP contribution in [0.15, 0.2) is 5.10 Å². The molecule has 0 bridgehead atoms. The van der Waals surface area contributed by atoms with Crippen LogP contribution in [0.5, 0.6) is 0 Å². The van der Waals surface area contributed by atoms with E-state index in [2.05, 4.69) is 6.92 Å². The average molecular weight is 336 g/mol. The van der Waals surface area contributed by atoms with Gasteiger partial charge in [0.05, 0.1) is 13.2 Å². The zero-order valence-corrected chi connectivity index (χ0v) is 15.0. The van der Waals surface area contributed by atoms with Gasteiger partial charge in [-0.3, -0.25) is 4.79 Å².